The molecule has 0 N–H and O–H groups in total. The zero-order valence-corrected chi connectivity index (χ0v) is 20.8. The molecule has 1 aromatic heterocycles. The summed E-state index contributed by atoms with van der Waals surface area (Å²) >= 11 is 3.56. The van der Waals surface area contributed by atoms with E-state index in [1.165, 1.54) is 0 Å². The molecule has 3 heterocycles. The van der Waals surface area contributed by atoms with Crippen LogP contribution in [0.1, 0.15) is 81.8 Å². The Hall–Kier alpha value is -1.80. The van der Waals surface area contributed by atoms with E-state index in [0.717, 1.165) is 54.5 Å². The van der Waals surface area contributed by atoms with Gasteiger partial charge in [-0.1, -0.05) is 27.2 Å². The Morgan fingerprint density at radius 1 is 1.15 bits per heavy atom. The Balaban J connectivity index is 1.10. The standard InChI is InChI=1S/C26H29BrFN3O3/c27-18-2-1-3-19(10-18)31(20(32)11-24-12-25(28,13-24)14-24)15-23-6-8-26(9-7-23,33-16-23)22-29-21(30-34-22)17-4-5-17/h1-3,10,17H,4-9,11-16H2. The van der Waals surface area contributed by atoms with Crippen molar-refractivity contribution in [3.05, 3.63) is 40.5 Å². The summed E-state index contributed by atoms with van der Waals surface area (Å²) in [6, 6.07) is 7.93. The van der Waals surface area contributed by atoms with E-state index in [9.17, 15) is 9.18 Å². The second kappa shape index (κ2) is 7.12. The molecule has 9 rings (SSSR count). The van der Waals surface area contributed by atoms with Gasteiger partial charge in [0.25, 0.3) is 5.89 Å². The van der Waals surface area contributed by atoms with Crippen LogP contribution in [-0.2, 0) is 15.1 Å². The highest BCUT2D eigenvalue weighted by Crippen LogP contribution is 2.71. The largest absolute Gasteiger partial charge is 0.364 e. The number of aromatic nitrogens is 2. The van der Waals surface area contributed by atoms with Gasteiger partial charge in [-0.2, -0.15) is 4.98 Å². The summed E-state index contributed by atoms with van der Waals surface area (Å²) in [4.78, 5) is 20.2. The minimum absolute atomic E-state index is 0.0974. The van der Waals surface area contributed by atoms with Gasteiger partial charge in [-0.05, 0) is 81.4 Å². The summed E-state index contributed by atoms with van der Waals surface area (Å²) in [5.74, 6) is 2.01. The highest BCUT2D eigenvalue weighted by Gasteiger charge is 2.69. The predicted molar refractivity (Wildman–Crippen MR) is 126 cm³/mol. The number of benzene rings is 1. The smallest absolute Gasteiger partial charge is 0.258 e. The molecular formula is C26H29BrFN3O3. The average Bonchev–Trinajstić information content (AvgIpc) is 3.53. The van der Waals surface area contributed by atoms with Crippen LogP contribution in [-0.4, -0.2) is 34.9 Å². The lowest BCUT2D eigenvalue weighted by Gasteiger charge is -2.66. The van der Waals surface area contributed by atoms with Crippen molar-refractivity contribution in [3.8, 4) is 0 Å². The number of hydrogen-bond donors (Lipinski definition) is 0. The Morgan fingerprint density at radius 2 is 1.91 bits per heavy atom. The molecule has 34 heavy (non-hydrogen) atoms. The topological polar surface area (TPSA) is 68.5 Å². The van der Waals surface area contributed by atoms with Crippen LogP contribution in [0.2, 0.25) is 0 Å². The quantitative estimate of drug-likeness (QED) is 0.452. The van der Waals surface area contributed by atoms with Crippen LogP contribution >= 0.6 is 15.9 Å². The average molecular weight is 530 g/mol. The number of anilines is 1. The van der Waals surface area contributed by atoms with E-state index >= 15 is 0 Å². The fourth-order valence-electron chi connectivity index (χ4n) is 6.94. The van der Waals surface area contributed by atoms with Gasteiger partial charge in [0.1, 0.15) is 11.3 Å². The Bertz CT molecular complexity index is 1120. The Labute approximate surface area is 206 Å². The summed E-state index contributed by atoms with van der Waals surface area (Å²) in [7, 11) is 0. The van der Waals surface area contributed by atoms with Crippen molar-refractivity contribution in [1.29, 1.82) is 0 Å². The van der Waals surface area contributed by atoms with Gasteiger partial charge in [-0.3, -0.25) is 4.79 Å². The minimum Gasteiger partial charge on any atom is -0.364 e. The number of amides is 1. The molecule has 6 nitrogen and oxygen atoms in total. The van der Waals surface area contributed by atoms with Crippen molar-refractivity contribution in [2.45, 2.75) is 81.4 Å². The van der Waals surface area contributed by atoms with Crippen LogP contribution in [0, 0.1) is 10.8 Å². The molecule has 1 aromatic carbocycles. The van der Waals surface area contributed by atoms with Crippen LogP contribution in [0.3, 0.4) is 0 Å². The van der Waals surface area contributed by atoms with E-state index in [0.29, 0.717) is 50.6 Å². The molecule has 1 amide bonds. The second-order valence-electron chi connectivity index (χ2n) is 11.8. The number of nitrogens with zero attached hydrogens (tertiary/aromatic N) is 3. The normalized spacial score (nSPS) is 37.7. The molecule has 2 aliphatic heterocycles. The number of carbonyl (C=O) groups is 1. The fourth-order valence-corrected chi connectivity index (χ4v) is 7.33. The first-order valence-corrected chi connectivity index (χ1v) is 13.3. The molecular weight excluding hydrogens is 501 g/mol. The predicted octanol–water partition coefficient (Wildman–Crippen LogP) is 5.81. The van der Waals surface area contributed by atoms with Gasteiger partial charge < -0.3 is 14.2 Å². The van der Waals surface area contributed by atoms with Crippen molar-refractivity contribution >= 4 is 27.5 Å². The Kier molecular flexibility index (Phi) is 4.50. The van der Waals surface area contributed by atoms with Gasteiger partial charge >= 0.3 is 0 Å². The first-order valence-electron chi connectivity index (χ1n) is 12.5. The van der Waals surface area contributed by atoms with Crippen molar-refractivity contribution in [3.63, 3.8) is 0 Å². The van der Waals surface area contributed by atoms with E-state index in [-0.39, 0.29) is 16.7 Å². The molecule has 180 valence electrons. The van der Waals surface area contributed by atoms with E-state index in [1.54, 1.807) is 0 Å². The molecule has 0 radical (unpaired) electrons. The van der Waals surface area contributed by atoms with Crippen LogP contribution in [0.5, 0.6) is 0 Å². The molecule has 0 unspecified atom stereocenters. The minimum atomic E-state index is -0.988. The molecule has 8 heteroatoms. The van der Waals surface area contributed by atoms with E-state index in [4.69, 9.17) is 14.2 Å². The number of halogens is 2. The van der Waals surface area contributed by atoms with Gasteiger partial charge in [0, 0.05) is 34.5 Å². The molecule has 7 fully saturated rings. The molecule has 7 aliphatic rings. The van der Waals surface area contributed by atoms with Crippen LogP contribution in [0.15, 0.2) is 33.3 Å². The van der Waals surface area contributed by atoms with Crippen LogP contribution in [0.25, 0.3) is 0 Å². The SMILES string of the molecule is O=C(CC12CC(F)(C1)C2)N(CC12CCC(c3nc(C4CC4)no3)(CC1)OC2)c1cccc(Br)c1. The maximum absolute atomic E-state index is 14.1. The first kappa shape index (κ1) is 21.5. The van der Waals surface area contributed by atoms with Crippen LogP contribution in [0.4, 0.5) is 10.1 Å². The van der Waals surface area contributed by atoms with Gasteiger partial charge in [0.2, 0.25) is 5.91 Å². The number of hydrogen-bond acceptors (Lipinski definition) is 5. The van der Waals surface area contributed by atoms with Crippen molar-refractivity contribution < 1.29 is 18.4 Å². The number of rotatable bonds is 7. The molecule has 5 saturated carbocycles. The van der Waals surface area contributed by atoms with Gasteiger partial charge in [-0.25, -0.2) is 4.39 Å². The molecule has 5 aliphatic carbocycles. The summed E-state index contributed by atoms with van der Waals surface area (Å²) < 4.78 is 27.2. The fraction of sp³-hybridized carbons (Fsp3) is 0.654. The molecule has 0 spiro atoms. The molecule has 2 aromatic rings. The summed E-state index contributed by atoms with van der Waals surface area (Å²) in [6.45, 7) is 1.19. The van der Waals surface area contributed by atoms with E-state index < -0.39 is 11.3 Å². The number of carbonyl (C=O) groups excluding carboxylic acids is 1. The highest BCUT2D eigenvalue weighted by molar-refractivity contribution is 9.10. The molecule has 2 saturated heterocycles. The highest BCUT2D eigenvalue weighted by atomic mass is 79.9. The Morgan fingerprint density at radius 3 is 2.53 bits per heavy atom. The van der Waals surface area contributed by atoms with E-state index in [1.807, 2.05) is 29.2 Å². The zero-order valence-electron chi connectivity index (χ0n) is 19.2. The first-order chi connectivity index (χ1) is 16.3. The van der Waals surface area contributed by atoms with Crippen molar-refractivity contribution in [1.82, 2.24) is 10.1 Å². The maximum Gasteiger partial charge on any atom is 0.258 e. The number of fused-ring (bicyclic) bond motifs is 3. The lowest BCUT2D eigenvalue weighted by atomic mass is 9.41. The summed E-state index contributed by atoms with van der Waals surface area (Å²) in [6.07, 6.45) is 7.90. The zero-order chi connectivity index (χ0) is 23.2. The lowest BCUT2D eigenvalue weighted by Crippen LogP contribution is -2.65. The van der Waals surface area contributed by atoms with Gasteiger partial charge in [0.05, 0.1) is 6.61 Å². The van der Waals surface area contributed by atoms with Crippen LogP contribution < -0.4 is 4.90 Å². The number of ether oxygens (including phenoxy) is 1. The third-order valence-electron chi connectivity index (χ3n) is 9.06. The maximum atomic E-state index is 14.1. The summed E-state index contributed by atoms with van der Waals surface area (Å²) in [5.41, 5.74) is -0.787. The molecule has 4 bridgehead atoms. The lowest BCUT2D eigenvalue weighted by molar-refractivity contribution is -0.215. The molecule has 0 atom stereocenters. The van der Waals surface area contributed by atoms with Crippen molar-refractivity contribution in [2.75, 3.05) is 18.1 Å². The van der Waals surface area contributed by atoms with Crippen molar-refractivity contribution in [2.24, 2.45) is 10.8 Å². The van der Waals surface area contributed by atoms with E-state index in [2.05, 4.69) is 21.1 Å². The van der Waals surface area contributed by atoms with Gasteiger partial charge in [0.15, 0.2) is 5.82 Å². The summed E-state index contributed by atoms with van der Waals surface area (Å²) in [5, 5.41) is 4.21. The monoisotopic (exact) mass is 529 g/mol. The third kappa shape index (κ3) is 3.39. The number of alkyl halides is 1. The second-order valence-corrected chi connectivity index (χ2v) is 12.7. The third-order valence-corrected chi connectivity index (χ3v) is 9.56. The van der Waals surface area contributed by atoms with Gasteiger partial charge in [-0.15, -0.1) is 0 Å².